The van der Waals surface area contributed by atoms with Crippen LogP contribution in [0.15, 0.2) is 18.8 Å². The molecule has 12 heavy (non-hydrogen) atoms. The van der Waals surface area contributed by atoms with Gasteiger partial charge in [-0.25, -0.2) is 0 Å². The van der Waals surface area contributed by atoms with Gasteiger partial charge in [-0.15, -0.1) is 0 Å². The van der Waals surface area contributed by atoms with Crippen LogP contribution in [0.3, 0.4) is 0 Å². The third-order valence-corrected chi connectivity index (χ3v) is 1.86. The number of aromatic nitrogens is 1. The van der Waals surface area contributed by atoms with E-state index in [4.69, 9.17) is 5.73 Å². The molecule has 0 unspecified atom stereocenters. The molecule has 0 saturated carbocycles. The number of hydrogen-bond donors (Lipinski definition) is 1. The maximum atomic E-state index is 5.69. The van der Waals surface area contributed by atoms with Crippen LogP contribution in [-0.4, -0.2) is 4.98 Å². The second-order valence-corrected chi connectivity index (χ2v) is 2.96. The van der Waals surface area contributed by atoms with Crippen molar-refractivity contribution in [1.82, 2.24) is 4.98 Å². The topological polar surface area (TPSA) is 38.9 Å². The Kier molecular flexibility index (Phi) is 2.61. The Balaban J connectivity index is 3.10. The molecule has 2 N–H and O–H groups in total. The summed E-state index contributed by atoms with van der Waals surface area (Å²) in [5.74, 6) is 0. The van der Waals surface area contributed by atoms with Crippen molar-refractivity contribution < 1.29 is 0 Å². The standard InChI is InChI=1S/C10H14N2/c1-4-9-6-12-10(8(3)11)5-7(9)2/h4-6,8H,1,11H2,2-3H3/t8-/m1/s1. The average Bonchev–Trinajstić information content (AvgIpc) is 2.04. The molecular weight excluding hydrogens is 148 g/mol. The molecule has 1 atom stereocenters. The summed E-state index contributed by atoms with van der Waals surface area (Å²) >= 11 is 0. The summed E-state index contributed by atoms with van der Waals surface area (Å²) in [7, 11) is 0. The van der Waals surface area contributed by atoms with E-state index in [1.807, 2.05) is 19.9 Å². The predicted molar refractivity (Wildman–Crippen MR) is 51.7 cm³/mol. The van der Waals surface area contributed by atoms with Crippen molar-refractivity contribution in [2.45, 2.75) is 19.9 Å². The van der Waals surface area contributed by atoms with Gasteiger partial charge in [0, 0.05) is 12.2 Å². The van der Waals surface area contributed by atoms with Crippen LogP contribution in [0, 0.1) is 6.92 Å². The Morgan fingerprint density at radius 3 is 2.75 bits per heavy atom. The van der Waals surface area contributed by atoms with Crippen LogP contribution in [0.5, 0.6) is 0 Å². The summed E-state index contributed by atoms with van der Waals surface area (Å²) in [6.07, 6.45) is 3.61. The van der Waals surface area contributed by atoms with E-state index in [0.717, 1.165) is 11.3 Å². The molecule has 0 fully saturated rings. The Bertz CT molecular complexity index is 290. The SMILES string of the molecule is C=Cc1cnc([C@@H](C)N)cc1C. The predicted octanol–water partition coefficient (Wildman–Crippen LogP) is 2.05. The van der Waals surface area contributed by atoms with Gasteiger partial charge in [0.2, 0.25) is 0 Å². The number of nitrogens with two attached hydrogens (primary N) is 1. The minimum atomic E-state index is 0.00238. The van der Waals surface area contributed by atoms with Crippen LogP contribution in [0.4, 0.5) is 0 Å². The molecule has 0 aliphatic rings. The van der Waals surface area contributed by atoms with Crippen molar-refractivity contribution in [1.29, 1.82) is 0 Å². The van der Waals surface area contributed by atoms with Gasteiger partial charge in [-0.3, -0.25) is 4.98 Å². The van der Waals surface area contributed by atoms with E-state index in [1.54, 1.807) is 12.3 Å². The molecule has 1 rings (SSSR count). The minimum Gasteiger partial charge on any atom is -0.323 e. The lowest BCUT2D eigenvalue weighted by Crippen LogP contribution is -2.07. The Morgan fingerprint density at radius 2 is 2.33 bits per heavy atom. The molecule has 1 aromatic heterocycles. The third-order valence-electron chi connectivity index (χ3n) is 1.86. The van der Waals surface area contributed by atoms with Crippen LogP contribution in [0.25, 0.3) is 6.08 Å². The van der Waals surface area contributed by atoms with Crippen molar-refractivity contribution in [3.63, 3.8) is 0 Å². The van der Waals surface area contributed by atoms with E-state index in [9.17, 15) is 0 Å². The summed E-state index contributed by atoms with van der Waals surface area (Å²) in [6, 6.07) is 2.00. The maximum Gasteiger partial charge on any atom is 0.0571 e. The molecule has 1 aromatic rings. The van der Waals surface area contributed by atoms with E-state index >= 15 is 0 Å². The summed E-state index contributed by atoms with van der Waals surface area (Å²) in [6.45, 7) is 7.65. The van der Waals surface area contributed by atoms with E-state index < -0.39 is 0 Å². The molecule has 0 bridgehead atoms. The van der Waals surface area contributed by atoms with Crippen LogP contribution in [0.1, 0.15) is 29.8 Å². The first-order chi connectivity index (χ1) is 5.65. The number of aryl methyl sites for hydroxylation is 1. The molecule has 0 saturated heterocycles. The molecule has 0 spiro atoms. The van der Waals surface area contributed by atoms with Crippen LogP contribution < -0.4 is 5.73 Å². The van der Waals surface area contributed by atoms with Crippen molar-refractivity contribution in [2.75, 3.05) is 0 Å². The molecule has 1 heterocycles. The lowest BCUT2D eigenvalue weighted by molar-refractivity contribution is 0.779. The van der Waals surface area contributed by atoms with E-state index in [0.29, 0.717) is 0 Å². The first kappa shape index (κ1) is 8.94. The highest BCUT2D eigenvalue weighted by molar-refractivity contribution is 5.50. The van der Waals surface area contributed by atoms with Crippen molar-refractivity contribution in [3.05, 3.63) is 35.7 Å². The third kappa shape index (κ3) is 1.71. The molecule has 0 aliphatic carbocycles. The van der Waals surface area contributed by atoms with E-state index in [1.165, 1.54) is 5.56 Å². The Hall–Kier alpha value is -1.15. The van der Waals surface area contributed by atoms with Gasteiger partial charge >= 0.3 is 0 Å². The van der Waals surface area contributed by atoms with Gasteiger partial charge in [0.25, 0.3) is 0 Å². The second kappa shape index (κ2) is 3.50. The van der Waals surface area contributed by atoms with Crippen molar-refractivity contribution in [3.8, 4) is 0 Å². The van der Waals surface area contributed by atoms with Crippen LogP contribution >= 0.6 is 0 Å². The lowest BCUT2D eigenvalue weighted by atomic mass is 10.1. The molecule has 0 radical (unpaired) electrons. The summed E-state index contributed by atoms with van der Waals surface area (Å²) in [4.78, 5) is 4.21. The van der Waals surface area contributed by atoms with Gasteiger partial charge in [0.1, 0.15) is 0 Å². The van der Waals surface area contributed by atoms with E-state index in [2.05, 4.69) is 11.6 Å². The molecule has 2 heteroatoms. The van der Waals surface area contributed by atoms with Crippen molar-refractivity contribution >= 4 is 6.08 Å². The molecule has 2 nitrogen and oxygen atoms in total. The highest BCUT2D eigenvalue weighted by atomic mass is 14.8. The zero-order valence-corrected chi connectivity index (χ0v) is 7.54. The molecule has 0 aliphatic heterocycles. The van der Waals surface area contributed by atoms with E-state index in [-0.39, 0.29) is 6.04 Å². The van der Waals surface area contributed by atoms with Gasteiger partial charge in [-0.2, -0.15) is 0 Å². The highest BCUT2D eigenvalue weighted by Crippen LogP contribution is 2.12. The zero-order valence-electron chi connectivity index (χ0n) is 7.54. The smallest absolute Gasteiger partial charge is 0.0571 e. The van der Waals surface area contributed by atoms with Crippen LogP contribution in [0.2, 0.25) is 0 Å². The first-order valence-corrected chi connectivity index (χ1v) is 3.99. The Morgan fingerprint density at radius 1 is 1.67 bits per heavy atom. The largest absolute Gasteiger partial charge is 0.323 e. The lowest BCUT2D eigenvalue weighted by Gasteiger charge is -2.06. The molecule has 0 aromatic carbocycles. The maximum absolute atomic E-state index is 5.69. The Labute approximate surface area is 73.1 Å². The van der Waals surface area contributed by atoms with Crippen molar-refractivity contribution in [2.24, 2.45) is 5.73 Å². The number of pyridine rings is 1. The minimum absolute atomic E-state index is 0.00238. The molecule has 64 valence electrons. The highest BCUT2D eigenvalue weighted by Gasteiger charge is 2.02. The monoisotopic (exact) mass is 162 g/mol. The van der Waals surface area contributed by atoms with Gasteiger partial charge in [0.05, 0.1) is 5.69 Å². The molecular formula is C10H14N2. The fraction of sp³-hybridized carbons (Fsp3) is 0.300. The fourth-order valence-electron chi connectivity index (χ4n) is 1.05. The van der Waals surface area contributed by atoms with Gasteiger partial charge < -0.3 is 5.73 Å². The summed E-state index contributed by atoms with van der Waals surface area (Å²) < 4.78 is 0. The van der Waals surface area contributed by atoms with Gasteiger partial charge in [-0.05, 0) is 31.0 Å². The second-order valence-electron chi connectivity index (χ2n) is 2.96. The van der Waals surface area contributed by atoms with Gasteiger partial charge in [0.15, 0.2) is 0 Å². The normalized spacial score (nSPS) is 12.6. The first-order valence-electron chi connectivity index (χ1n) is 3.99. The molecule has 0 amide bonds. The number of hydrogen-bond acceptors (Lipinski definition) is 2. The average molecular weight is 162 g/mol. The number of nitrogens with zero attached hydrogens (tertiary/aromatic N) is 1. The summed E-state index contributed by atoms with van der Waals surface area (Å²) in [5, 5.41) is 0. The van der Waals surface area contributed by atoms with Crippen LogP contribution in [-0.2, 0) is 0 Å². The fourth-order valence-corrected chi connectivity index (χ4v) is 1.05. The quantitative estimate of drug-likeness (QED) is 0.722. The van der Waals surface area contributed by atoms with Gasteiger partial charge in [-0.1, -0.05) is 12.7 Å². The number of rotatable bonds is 2. The zero-order chi connectivity index (χ0) is 9.14. The summed E-state index contributed by atoms with van der Waals surface area (Å²) in [5.41, 5.74) is 8.86.